The van der Waals surface area contributed by atoms with Gasteiger partial charge in [-0.3, -0.25) is 0 Å². The third-order valence-electron chi connectivity index (χ3n) is 6.30. The Morgan fingerprint density at radius 2 is 0.903 bits per heavy atom. The standard InChI is InChI=1S/C27H22Cl2SSi/c28-25-26(29)30-27(25,21-13-5-1-6-14-21)31(22-15-7-2-8-16-22,23-17-9-3-10-18-23)24-19-11-4-12-20-24/h1-20,25-26H/t25-,26-,27+/m1/s1. The number of hydrogen-bond donors (Lipinski definition) is 0. The van der Waals surface area contributed by atoms with Gasteiger partial charge in [0.1, 0.15) is 0 Å². The zero-order valence-electron chi connectivity index (χ0n) is 16.9. The van der Waals surface area contributed by atoms with Crippen molar-refractivity contribution in [2.75, 3.05) is 0 Å². The Morgan fingerprint density at radius 3 is 1.23 bits per heavy atom. The largest absolute Gasteiger partial charge is 0.170 e. The molecule has 1 fully saturated rings. The predicted molar refractivity (Wildman–Crippen MR) is 139 cm³/mol. The zero-order valence-corrected chi connectivity index (χ0v) is 20.2. The predicted octanol–water partition coefficient (Wildman–Crippen LogP) is 5.51. The third kappa shape index (κ3) is 3.12. The number of rotatable bonds is 5. The molecular formula is C27H22Cl2SSi. The van der Waals surface area contributed by atoms with Gasteiger partial charge in [-0.1, -0.05) is 121 Å². The van der Waals surface area contributed by atoms with Crippen LogP contribution in [0.3, 0.4) is 0 Å². The summed E-state index contributed by atoms with van der Waals surface area (Å²) in [7, 11) is -2.69. The SMILES string of the molecule is Cl[C@@H]1S[C@@](c2ccccc2)([Si](c2ccccc2)(c2ccccc2)c2ccccc2)[C@@H]1Cl. The quantitative estimate of drug-likeness (QED) is 0.208. The lowest BCUT2D eigenvalue weighted by Gasteiger charge is -2.60. The maximum atomic E-state index is 7.27. The molecule has 0 radical (unpaired) electrons. The van der Waals surface area contributed by atoms with E-state index in [9.17, 15) is 0 Å². The fraction of sp³-hybridized carbons (Fsp3) is 0.111. The molecule has 0 nitrogen and oxygen atoms in total. The van der Waals surface area contributed by atoms with Crippen molar-refractivity contribution in [1.29, 1.82) is 0 Å². The van der Waals surface area contributed by atoms with Gasteiger partial charge in [0, 0.05) is 0 Å². The Bertz CT molecular complexity index is 1040. The summed E-state index contributed by atoms with van der Waals surface area (Å²) in [5, 5.41) is 3.84. The molecule has 3 atom stereocenters. The highest BCUT2D eigenvalue weighted by Crippen LogP contribution is 2.62. The second-order valence-electron chi connectivity index (χ2n) is 7.82. The van der Waals surface area contributed by atoms with Gasteiger partial charge in [-0.2, -0.15) is 0 Å². The van der Waals surface area contributed by atoms with Gasteiger partial charge in [-0.15, -0.1) is 35.0 Å². The minimum Gasteiger partial charge on any atom is -0.129 e. The first-order valence-electron chi connectivity index (χ1n) is 10.4. The monoisotopic (exact) mass is 476 g/mol. The molecule has 0 unspecified atom stereocenters. The second kappa shape index (κ2) is 8.52. The van der Waals surface area contributed by atoms with Crippen LogP contribution < -0.4 is 15.6 Å². The van der Waals surface area contributed by atoms with E-state index in [1.807, 2.05) is 11.8 Å². The van der Waals surface area contributed by atoms with Crippen LogP contribution >= 0.6 is 35.0 Å². The molecule has 0 N–H and O–H groups in total. The smallest absolute Gasteiger partial charge is 0.129 e. The molecule has 1 saturated heterocycles. The first-order valence-corrected chi connectivity index (χ1v) is 14.1. The number of hydrogen-bond acceptors (Lipinski definition) is 1. The average molecular weight is 478 g/mol. The zero-order chi connectivity index (χ0) is 21.3. The van der Waals surface area contributed by atoms with E-state index >= 15 is 0 Å². The Morgan fingerprint density at radius 1 is 0.548 bits per heavy atom. The minimum atomic E-state index is -2.69. The Balaban J connectivity index is 1.95. The van der Waals surface area contributed by atoms with Gasteiger partial charge in [-0.05, 0) is 21.1 Å². The van der Waals surface area contributed by atoms with Gasteiger partial charge >= 0.3 is 0 Å². The summed E-state index contributed by atoms with van der Waals surface area (Å²) in [6, 6.07) is 43.6. The van der Waals surface area contributed by atoms with Gasteiger partial charge < -0.3 is 0 Å². The van der Waals surface area contributed by atoms with Crippen molar-refractivity contribution in [2.45, 2.75) is 14.5 Å². The van der Waals surface area contributed by atoms with Crippen molar-refractivity contribution in [3.05, 3.63) is 127 Å². The van der Waals surface area contributed by atoms with Gasteiger partial charge in [0.25, 0.3) is 0 Å². The molecule has 1 aliphatic heterocycles. The van der Waals surface area contributed by atoms with Crippen molar-refractivity contribution in [2.24, 2.45) is 0 Å². The second-order valence-corrected chi connectivity index (χ2v) is 14.8. The van der Waals surface area contributed by atoms with Crippen LogP contribution in [0.2, 0.25) is 0 Å². The minimum absolute atomic E-state index is 0.134. The normalized spacial score (nSPS) is 23.2. The van der Waals surface area contributed by atoms with Crippen molar-refractivity contribution in [3.63, 3.8) is 0 Å². The number of halogens is 2. The fourth-order valence-electron chi connectivity index (χ4n) is 5.05. The average Bonchev–Trinajstić information content (AvgIpc) is 2.86. The first kappa shape index (κ1) is 20.9. The molecule has 0 bridgehead atoms. The van der Waals surface area contributed by atoms with E-state index in [0.717, 1.165) is 0 Å². The van der Waals surface area contributed by atoms with E-state index < -0.39 is 8.07 Å². The molecule has 1 aliphatic rings. The molecule has 0 saturated carbocycles. The Hall–Kier alpha value is -1.97. The molecule has 0 aliphatic carbocycles. The van der Waals surface area contributed by atoms with Crippen LogP contribution in [0, 0.1) is 0 Å². The highest BCUT2D eigenvalue weighted by molar-refractivity contribution is 8.06. The van der Waals surface area contributed by atoms with Crippen molar-refractivity contribution < 1.29 is 0 Å². The van der Waals surface area contributed by atoms with E-state index in [0.29, 0.717) is 0 Å². The van der Waals surface area contributed by atoms with Gasteiger partial charge in [0.2, 0.25) is 0 Å². The molecule has 5 rings (SSSR count). The molecule has 4 heteroatoms. The number of benzene rings is 4. The molecule has 4 aromatic rings. The van der Waals surface area contributed by atoms with E-state index in [4.69, 9.17) is 23.2 Å². The van der Waals surface area contributed by atoms with Crippen LogP contribution in [0.25, 0.3) is 0 Å². The fourth-order valence-corrected chi connectivity index (χ4v) is 15.8. The summed E-state index contributed by atoms with van der Waals surface area (Å²) >= 11 is 15.9. The third-order valence-corrected chi connectivity index (χ3v) is 15.9. The summed E-state index contributed by atoms with van der Waals surface area (Å²) in [4.78, 5) is 0. The van der Waals surface area contributed by atoms with Crippen molar-refractivity contribution in [1.82, 2.24) is 0 Å². The Kier molecular flexibility index (Phi) is 5.74. The summed E-state index contributed by atoms with van der Waals surface area (Å²) in [5.41, 5.74) is 1.25. The molecule has 31 heavy (non-hydrogen) atoms. The Labute approximate surface area is 199 Å². The summed E-state index contributed by atoms with van der Waals surface area (Å²) in [6.07, 6.45) is 0. The van der Waals surface area contributed by atoms with E-state index in [1.54, 1.807) is 0 Å². The first-order chi connectivity index (χ1) is 15.2. The molecule has 4 aromatic carbocycles. The topological polar surface area (TPSA) is 0 Å². The van der Waals surface area contributed by atoms with E-state index in [2.05, 4.69) is 121 Å². The highest BCUT2D eigenvalue weighted by Gasteiger charge is 2.69. The van der Waals surface area contributed by atoms with Crippen LogP contribution in [0.4, 0.5) is 0 Å². The van der Waals surface area contributed by atoms with Gasteiger partial charge in [0.05, 0.1) is 14.5 Å². The summed E-state index contributed by atoms with van der Waals surface area (Å²) < 4.78 is -0.475. The molecular weight excluding hydrogens is 455 g/mol. The lowest BCUT2D eigenvalue weighted by Crippen LogP contribution is -2.83. The van der Waals surface area contributed by atoms with Crippen LogP contribution in [-0.4, -0.2) is 18.2 Å². The molecule has 0 spiro atoms. The number of alkyl halides is 2. The molecule has 0 aromatic heterocycles. The summed E-state index contributed by atoms with van der Waals surface area (Å²) in [6.45, 7) is 0. The van der Waals surface area contributed by atoms with E-state index in [-0.39, 0.29) is 14.5 Å². The van der Waals surface area contributed by atoms with Crippen molar-refractivity contribution >= 4 is 58.6 Å². The molecule has 1 heterocycles. The molecule has 154 valence electrons. The lowest BCUT2D eigenvalue weighted by molar-refractivity contribution is 0.729. The van der Waals surface area contributed by atoms with Crippen LogP contribution in [0.15, 0.2) is 121 Å². The van der Waals surface area contributed by atoms with Gasteiger partial charge in [-0.25, -0.2) is 0 Å². The maximum absolute atomic E-state index is 7.27. The van der Waals surface area contributed by atoms with E-state index in [1.165, 1.54) is 21.1 Å². The van der Waals surface area contributed by atoms with Crippen LogP contribution in [0.1, 0.15) is 5.56 Å². The summed E-state index contributed by atoms with van der Waals surface area (Å²) in [5.74, 6) is 0. The maximum Gasteiger partial charge on any atom is 0.170 e. The number of thioether (sulfide) groups is 1. The lowest BCUT2D eigenvalue weighted by atomic mass is 10.1. The van der Waals surface area contributed by atoms with Gasteiger partial charge in [0.15, 0.2) is 8.07 Å². The van der Waals surface area contributed by atoms with Crippen molar-refractivity contribution in [3.8, 4) is 0 Å². The highest BCUT2D eigenvalue weighted by atomic mass is 35.5. The molecule has 0 amide bonds. The van der Waals surface area contributed by atoms with Crippen LogP contribution in [0.5, 0.6) is 0 Å². The van der Waals surface area contributed by atoms with Crippen LogP contribution in [-0.2, 0) is 4.37 Å².